The van der Waals surface area contributed by atoms with E-state index in [2.05, 4.69) is 42.2 Å². The quantitative estimate of drug-likeness (QED) is 0.914. The Morgan fingerprint density at radius 3 is 2.58 bits per heavy atom. The van der Waals surface area contributed by atoms with Crippen LogP contribution in [0.3, 0.4) is 0 Å². The highest BCUT2D eigenvalue weighted by molar-refractivity contribution is 5.74. The zero-order valence-corrected chi connectivity index (χ0v) is 11.8. The monoisotopic (exact) mass is 260 g/mol. The maximum atomic E-state index is 5.51. The second-order valence-corrected chi connectivity index (χ2v) is 5.04. The first-order valence-corrected chi connectivity index (χ1v) is 6.37. The molecule has 1 aromatic heterocycles. The van der Waals surface area contributed by atoms with Gasteiger partial charge in [0.2, 0.25) is 11.7 Å². The summed E-state index contributed by atoms with van der Waals surface area (Å²) in [6.45, 7) is 4.58. The molecule has 0 aliphatic heterocycles. The van der Waals surface area contributed by atoms with Gasteiger partial charge in [0.25, 0.3) is 0 Å². The topological polar surface area (TPSA) is 68.2 Å². The minimum Gasteiger partial charge on any atom is -0.377 e. The molecule has 102 valence electrons. The summed E-state index contributed by atoms with van der Waals surface area (Å²) in [5.41, 5.74) is 8.80. The highest BCUT2D eigenvalue weighted by Crippen LogP contribution is 2.31. The minimum atomic E-state index is 0.258. The molecule has 0 bridgehead atoms. The molecule has 0 aliphatic rings. The van der Waals surface area contributed by atoms with E-state index in [0.717, 1.165) is 11.3 Å². The van der Waals surface area contributed by atoms with Crippen LogP contribution in [0.5, 0.6) is 0 Å². The smallest absolute Gasteiger partial charge is 0.240 e. The van der Waals surface area contributed by atoms with E-state index in [1.807, 2.05) is 19.0 Å². The fraction of sp³-hybridized carbons (Fsp3) is 0.429. The first kappa shape index (κ1) is 13.5. The maximum absolute atomic E-state index is 5.51. The van der Waals surface area contributed by atoms with Crippen molar-refractivity contribution in [2.75, 3.05) is 19.0 Å². The van der Waals surface area contributed by atoms with Crippen molar-refractivity contribution in [2.24, 2.45) is 5.73 Å². The summed E-state index contributed by atoms with van der Waals surface area (Å²) in [6.07, 6.45) is 0. The number of hydrogen-bond acceptors (Lipinski definition) is 5. The lowest BCUT2D eigenvalue weighted by Crippen LogP contribution is -2.10. The Bertz CT molecular complexity index is 560. The van der Waals surface area contributed by atoms with Crippen LogP contribution >= 0.6 is 0 Å². The van der Waals surface area contributed by atoms with Crippen molar-refractivity contribution in [2.45, 2.75) is 26.3 Å². The van der Waals surface area contributed by atoms with Gasteiger partial charge in [-0.2, -0.15) is 4.98 Å². The first-order chi connectivity index (χ1) is 9.02. The van der Waals surface area contributed by atoms with Gasteiger partial charge < -0.3 is 15.2 Å². The van der Waals surface area contributed by atoms with Gasteiger partial charge in [0, 0.05) is 25.3 Å². The zero-order chi connectivity index (χ0) is 14.0. The van der Waals surface area contributed by atoms with Crippen LogP contribution in [0, 0.1) is 0 Å². The molecule has 0 radical (unpaired) electrons. The molecule has 5 heteroatoms. The summed E-state index contributed by atoms with van der Waals surface area (Å²) >= 11 is 0. The molecule has 0 saturated heterocycles. The van der Waals surface area contributed by atoms with Crippen molar-refractivity contribution >= 4 is 5.69 Å². The highest BCUT2D eigenvalue weighted by Gasteiger charge is 2.15. The standard InChI is InChI=1S/C14H20N4O/c1-9(2)10-5-6-12(18(3)4)11(7-10)14-16-13(8-15)19-17-14/h5-7,9H,8,15H2,1-4H3. The average Bonchev–Trinajstić information content (AvgIpc) is 2.86. The van der Waals surface area contributed by atoms with E-state index in [9.17, 15) is 0 Å². The molecule has 5 nitrogen and oxygen atoms in total. The fourth-order valence-electron chi connectivity index (χ4n) is 1.93. The Hall–Kier alpha value is -1.88. The number of benzene rings is 1. The van der Waals surface area contributed by atoms with Gasteiger partial charge in [-0.3, -0.25) is 0 Å². The lowest BCUT2D eigenvalue weighted by Gasteiger charge is -2.17. The molecule has 1 heterocycles. The number of hydrogen-bond donors (Lipinski definition) is 1. The third-order valence-corrected chi connectivity index (χ3v) is 3.05. The number of nitrogens with two attached hydrogens (primary N) is 1. The fourth-order valence-corrected chi connectivity index (χ4v) is 1.93. The molecule has 0 fully saturated rings. The Kier molecular flexibility index (Phi) is 3.85. The molecule has 0 saturated carbocycles. The molecule has 0 atom stereocenters. The number of aromatic nitrogens is 2. The van der Waals surface area contributed by atoms with Crippen LogP contribution in [0.2, 0.25) is 0 Å². The molecular formula is C14H20N4O. The Balaban J connectivity index is 2.54. The highest BCUT2D eigenvalue weighted by atomic mass is 16.5. The third-order valence-electron chi connectivity index (χ3n) is 3.05. The van der Waals surface area contributed by atoms with E-state index in [4.69, 9.17) is 10.3 Å². The predicted octanol–water partition coefficient (Wildman–Crippen LogP) is 2.38. The molecular weight excluding hydrogens is 240 g/mol. The van der Waals surface area contributed by atoms with E-state index in [0.29, 0.717) is 17.6 Å². The van der Waals surface area contributed by atoms with Gasteiger partial charge in [0.05, 0.1) is 6.54 Å². The molecule has 2 N–H and O–H groups in total. The summed E-state index contributed by atoms with van der Waals surface area (Å²) in [5, 5.41) is 4.01. The predicted molar refractivity (Wildman–Crippen MR) is 76.0 cm³/mol. The van der Waals surface area contributed by atoms with E-state index >= 15 is 0 Å². The molecule has 0 aliphatic carbocycles. The minimum absolute atomic E-state index is 0.258. The third kappa shape index (κ3) is 2.76. The lowest BCUT2D eigenvalue weighted by atomic mass is 9.99. The van der Waals surface area contributed by atoms with Crippen LogP contribution in [0.1, 0.15) is 31.2 Å². The van der Waals surface area contributed by atoms with Gasteiger partial charge >= 0.3 is 0 Å². The van der Waals surface area contributed by atoms with Crippen LogP contribution in [-0.4, -0.2) is 24.2 Å². The molecule has 1 aromatic carbocycles. The van der Waals surface area contributed by atoms with Crippen molar-refractivity contribution < 1.29 is 4.52 Å². The van der Waals surface area contributed by atoms with Crippen molar-refractivity contribution in [3.05, 3.63) is 29.7 Å². The van der Waals surface area contributed by atoms with E-state index in [1.165, 1.54) is 5.56 Å². The molecule has 0 spiro atoms. The van der Waals surface area contributed by atoms with Gasteiger partial charge in [-0.25, -0.2) is 0 Å². The summed E-state index contributed by atoms with van der Waals surface area (Å²) < 4.78 is 5.10. The van der Waals surface area contributed by atoms with Crippen molar-refractivity contribution in [1.29, 1.82) is 0 Å². The van der Waals surface area contributed by atoms with Gasteiger partial charge in [-0.1, -0.05) is 25.1 Å². The SMILES string of the molecule is CC(C)c1ccc(N(C)C)c(-c2noc(CN)n2)c1. The Morgan fingerprint density at radius 1 is 1.32 bits per heavy atom. The molecule has 0 unspecified atom stereocenters. The summed E-state index contributed by atoms with van der Waals surface area (Å²) in [7, 11) is 4.00. The first-order valence-electron chi connectivity index (χ1n) is 6.37. The van der Waals surface area contributed by atoms with Gasteiger partial charge in [-0.15, -0.1) is 0 Å². The van der Waals surface area contributed by atoms with E-state index < -0.39 is 0 Å². The average molecular weight is 260 g/mol. The van der Waals surface area contributed by atoms with E-state index in [1.54, 1.807) is 0 Å². The largest absolute Gasteiger partial charge is 0.377 e. The molecule has 2 rings (SSSR count). The van der Waals surface area contributed by atoms with Gasteiger partial charge in [0.15, 0.2) is 0 Å². The zero-order valence-electron chi connectivity index (χ0n) is 11.8. The maximum Gasteiger partial charge on any atom is 0.240 e. The van der Waals surface area contributed by atoms with Crippen LogP contribution in [0.25, 0.3) is 11.4 Å². The van der Waals surface area contributed by atoms with Crippen LogP contribution in [-0.2, 0) is 6.54 Å². The van der Waals surface area contributed by atoms with Crippen LogP contribution in [0.15, 0.2) is 22.7 Å². The summed E-state index contributed by atoms with van der Waals surface area (Å²) in [5.74, 6) is 1.50. The number of anilines is 1. The normalized spacial score (nSPS) is 11.1. The van der Waals surface area contributed by atoms with Gasteiger partial charge in [-0.05, 0) is 23.6 Å². The van der Waals surface area contributed by atoms with Crippen molar-refractivity contribution in [1.82, 2.24) is 10.1 Å². The number of rotatable bonds is 4. The summed E-state index contributed by atoms with van der Waals surface area (Å²) in [4.78, 5) is 6.35. The van der Waals surface area contributed by atoms with Crippen molar-refractivity contribution in [3.63, 3.8) is 0 Å². The Labute approximate surface area is 113 Å². The molecule has 19 heavy (non-hydrogen) atoms. The second kappa shape index (κ2) is 5.40. The molecule has 2 aromatic rings. The van der Waals surface area contributed by atoms with Gasteiger partial charge in [0.1, 0.15) is 0 Å². The summed E-state index contributed by atoms with van der Waals surface area (Å²) in [6, 6.07) is 6.34. The van der Waals surface area contributed by atoms with Crippen LogP contribution < -0.4 is 10.6 Å². The molecule has 0 amide bonds. The lowest BCUT2D eigenvalue weighted by molar-refractivity contribution is 0.380. The Morgan fingerprint density at radius 2 is 2.05 bits per heavy atom. The number of nitrogens with zero attached hydrogens (tertiary/aromatic N) is 3. The van der Waals surface area contributed by atoms with Crippen molar-refractivity contribution in [3.8, 4) is 11.4 Å². The van der Waals surface area contributed by atoms with E-state index in [-0.39, 0.29) is 6.54 Å². The second-order valence-electron chi connectivity index (χ2n) is 5.04. The van der Waals surface area contributed by atoms with Crippen LogP contribution in [0.4, 0.5) is 5.69 Å².